The Morgan fingerprint density at radius 1 is 1.14 bits per heavy atom. The van der Waals surface area contributed by atoms with E-state index in [-0.39, 0.29) is 24.9 Å². The minimum Gasteiger partial charge on any atom is -0.462 e. The van der Waals surface area contributed by atoms with Crippen molar-refractivity contribution in [1.29, 1.82) is 0 Å². The molecule has 5 rings (SSSR count). The summed E-state index contributed by atoms with van der Waals surface area (Å²) in [6.07, 6.45) is 5.61. The van der Waals surface area contributed by atoms with Crippen molar-refractivity contribution >= 4 is 17.8 Å². The third kappa shape index (κ3) is 3.74. The summed E-state index contributed by atoms with van der Waals surface area (Å²) in [5.41, 5.74) is -0.214. The normalized spacial score (nSPS) is 30.0. The molecule has 1 amide bonds. The van der Waals surface area contributed by atoms with E-state index in [0.29, 0.717) is 5.56 Å². The van der Waals surface area contributed by atoms with Crippen molar-refractivity contribution in [2.24, 2.45) is 11.8 Å². The van der Waals surface area contributed by atoms with Gasteiger partial charge in [0.05, 0.1) is 24.2 Å². The number of benzene rings is 2. The van der Waals surface area contributed by atoms with Crippen molar-refractivity contribution in [2.75, 3.05) is 6.61 Å². The number of hydrogen-bond acceptors (Lipinski definition) is 6. The molecule has 5 atom stereocenters. The van der Waals surface area contributed by atoms with Crippen LogP contribution in [0.4, 0.5) is 0 Å². The van der Waals surface area contributed by atoms with Gasteiger partial charge in [0.1, 0.15) is 0 Å². The first-order chi connectivity index (χ1) is 16.9. The number of hydrogen-bond donors (Lipinski definition) is 2. The van der Waals surface area contributed by atoms with E-state index in [2.05, 4.69) is 5.32 Å². The largest absolute Gasteiger partial charge is 0.462 e. The smallest absolute Gasteiger partial charge is 0.339 e. The topological polar surface area (TPSA) is 102 Å². The third-order valence-corrected chi connectivity index (χ3v) is 7.72. The van der Waals surface area contributed by atoms with Crippen molar-refractivity contribution in [2.45, 2.75) is 49.9 Å². The number of carbonyl (C=O) groups excluding carboxylic acids is 3. The fraction of sp³-hybridized carbons (Fsp3) is 0.393. The average molecular weight is 476 g/mol. The third-order valence-electron chi connectivity index (χ3n) is 7.72. The zero-order chi connectivity index (χ0) is 24.6. The number of carbonyl (C=O) groups is 3. The molecule has 0 saturated carbocycles. The lowest BCUT2D eigenvalue weighted by atomic mass is 9.64. The molecule has 35 heavy (non-hydrogen) atoms. The Bertz CT molecular complexity index is 1160. The van der Waals surface area contributed by atoms with E-state index in [0.717, 1.165) is 30.4 Å². The number of rotatable bonds is 7. The molecule has 2 aliphatic heterocycles. The predicted molar refractivity (Wildman–Crippen MR) is 128 cm³/mol. The van der Waals surface area contributed by atoms with Gasteiger partial charge in [-0.1, -0.05) is 54.6 Å². The van der Waals surface area contributed by atoms with E-state index in [9.17, 15) is 19.5 Å². The van der Waals surface area contributed by atoms with Crippen molar-refractivity contribution in [3.8, 4) is 11.1 Å². The van der Waals surface area contributed by atoms with Gasteiger partial charge in [0.15, 0.2) is 5.60 Å². The Morgan fingerprint density at radius 3 is 2.51 bits per heavy atom. The summed E-state index contributed by atoms with van der Waals surface area (Å²) in [6.45, 7) is 1.66. The van der Waals surface area contributed by atoms with Crippen LogP contribution in [0.5, 0.6) is 0 Å². The fourth-order valence-electron chi connectivity index (χ4n) is 5.66. The highest BCUT2D eigenvalue weighted by Crippen LogP contribution is 2.53. The molecular weight excluding hydrogens is 446 g/mol. The van der Waals surface area contributed by atoms with Crippen molar-refractivity contribution in [1.82, 2.24) is 5.32 Å². The molecule has 7 nitrogen and oxygen atoms in total. The van der Waals surface area contributed by atoms with Crippen LogP contribution < -0.4 is 5.32 Å². The van der Waals surface area contributed by atoms with Gasteiger partial charge in [-0.05, 0) is 55.9 Å². The zero-order valence-corrected chi connectivity index (χ0v) is 19.6. The van der Waals surface area contributed by atoms with Crippen molar-refractivity contribution < 1.29 is 29.0 Å². The zero-order valence-electron chi connectivity index (χ0n) is 19.6. The number of allylic oxidation sites excluding steroid dienone is 1. The van der Waals surface area contributed by atoms with Gasteiger partial charge in [0, 0.05) is 5.92 Å². The molecule has 0 unspecified atom stereocenters. The van der Waals surface area contributed by atoms with E-state index < -0.39 is 35.1 Å². The quantitative estimate of drug-likeness (QED) is 0.470. The number of aliphatic hydroxyl groups is 1. The Kier molecular flexibility index (Phi) is 5.97. The highest BCUT2D eigenvalue weighted by Gasteiger charge is 2.79. The lowest BCUT2D eigenvalue weighted by molar-refractivity contribution is -0.238. The summed E-state index contributed by atoms with van der Waals surface area (Å²) in [4.78, 5) is 38.0. The van der Waals surface area contributed by atoms with Gasteiger partial charge in [0.25, 0.3) is 0 Å². The maximum atomic E-state index is 12.9. The molecule has 2 heterocycles. The van der Waals surface area contributed by atoms with Crippen LogP contribution in [0.25, 0.3) is 11.1 Å². The number of esters is 2. The van der Waals surface area contributed by atoms with Crippen LogP contribution in [-0.4, -0.2) is 46.8 Å². The van der Waals surface area contributed by atoms with Crippen LogP contribution in [-0.2, 0) is 19.1 Å². The first kappa shape index (κ1) is 23.3. The summed E-state index contributed by atoms with van der Waals surface area (Å²) in [5, 5.41) is 13.9. The fourth-order valence-corrected chi connectivity index (χ4v) is 5.66. The highest BCUT2D eigenvalue weighted by atomic mass is 16.6. The Morgan fingerprint density at radius 2 is 1.86 bits per heavy atom. The molecule has 0 aromatic heterocycles. The summed E-state index contributed by atoms with van der Waals surface area (Å²) < 4.78 is 10.9. The first-order valence-corrected chi connectivity index (χ1v) is 12.1. The van der Waals surface area contributed by atoms with Gasteiger partial charge in [-0.3, -0.25) is 4.79 Å². The standard InChI is InChI=1S/C28H29NO6/c1-27-22(24(31)29-28(27,26(33)35-27)23(30)20-10-6-3-7-11-20)16-17-34-25(32)21-14-12-19(13-15-21)18-8-4-2-5-9-18/h2,4-6,8-10,12-15,20,22-23,30H,3,7,11,16-17H2,1H3,(H,29,31)/t20-,22+,23+,27+,28+/m1/s1. The van der Waals surface area contributed by atoms with Gasteiger partial charge >= 0.3 is 11.9 Å². The molecule has 2 saturated heterocycles. The molecule has 0 spiro atoms. The second-order valence-electron chi connectivity index (χ2n) is 9.68. The van der Waals surface area contributed by atoms with Crippen LogP contribution in [0.2, 0.25) is 0 Å². The van der Waals surface area contributed by atoms with E-state index in [4.69, 9.17) is 9.47 Å². The van der Waals surface area contributed by atoms with Gasteiger partial charge in [-0.2, -0.15) is 0 Å². The predicted octanol–water partition coefficient (Wildman–Crippen LogP) is 3.42. The lowest BCUT2D eigenvalue weighted by Crippen LogP contribution is -2.80. The Balaban J connectivity index is 1.23. The van der Waals surface area contributed by atoms with Crippen molar-refractivity contribution in [3.05, 3.63) is 72.3 Å². The minimum atomic E-state index is -1.47. The number of aliphatic hydroxyl groups excluding tert-OH is 1. The molecule has 2 aromatic rings. The van der Waals surface area contributed by atoms with E-state index >= 15 is 0 Å². The molecular formula is C28H29NO6. The minimum absolute atomic E-state index is 0.0139. The first-order valence-electron chi connectivity index (χ1n) is 12.1. The lowest BCUT2D eigenvalue weighted by Gasteiger charge is -2.54. The second kappa shape index (κ2) is 8.96. The summed E-state index contributed by atoms with van der Waals surface area (Å²) in [5.74, 6) is -2.43. The average Bonchev–Trinajstić information content (AvgIpc) is 3.07. The van der Waals surface area contributed by atoms with E-state index in [1.165, 1.54) is 0 Å². The number of fused-ring (bicyclic) bond motifs is 1. The maximum absolute atomic E-state index is 12.9. The van der Waals surface area contributed by atoms with Crippen LogP contribution >= 0.6 is 0 Å². The Labute approximate surface area is 204 Å². The number of amides is 1. The maximum Gasteiger partial charge on any atom is 0.339 e. The van der Waals surface area contributed by atoms with Gasteiger partial charge in [-0.25, -0.2) is 9.59 Å². The molecule has 2 N–H and O–H groups in total. The second-order valence-corrected chi connectivity index (χ2v) is 9.68. The summed E-state index contributed by atoms with van der Waals surface area (Å²) in [6, 6.07) is 17.0. The molecule has 7 heteroatoms. The summed E-state index contributed by atoms with van der Waals surface area (Å²) in [7, 11) is 0. The molecule has 182 valence electrons. The monoisotopic (exact) mass is 475 g/mol. The van der Waals surface area contributed by atoms with Crippen LogP contribution in [0.3, 0.4) is 0 Å². The van der Waals surface area contributed by atoms with Crippen LogP contribution in [0, 0.1) is 11.8 Å². The molecule has 0 radical (unpaired) electrons. The van der Waals surface area contributed by atoms with Crippen LogP contribution in [0.15, 0.2) is 66.7 Å². The van der Waals surface area contributed by atoms with E-state index in [1.807, 2.05) is 54.6 Å². The SMILES string of the molecule is C[C@@]12OC(=O)[C@]1([C@@H](O)[C@@H]1C=CCCC1)NC(=O)[C@@H]2CCOC(=O)c1ccc(-c2ccccc2)cc1. The highest BCUT2D eigenvalue weighted by molar-refractivity contribution is 6.02. The summed E-state index contributed by atoms with van der Waals surface area (Å²) >= 11 is 0. The van der Waals surface area contributed by atoms with Crippen LogP contribution in [0.1, 0.15) is 43.0 Å². The molecule has 2 fully saturated rings. The van der Waals surface area contributed by atoms with Gasteiger partial charge < -0.3 is 19.9 Å². The molecule has 0 bridgehead atoms. The van der Waals surface area contributed by atoms with Gasteiger partial charge in [0.2, 0.25) is 11.4 Å². The van der Waals surface area contributed by atoms with Crippen molar-refractivity contribution in [3.63, 3.8) is 0 Å². The Hall–Kier alpha value is -3.45. The molecule has 3 aliphatic rings. The van der Waals surface area contributed by atoms with E-state index in [1.54, 1.807) is 19.1 Å². The van der Waals surface area contributed by atoms with Gasteiger partial charge in [-0.15, -0.1) is 0 Å². The number of nitrogens with one attached hydrogen (secondary N) is 1. The molecule has 2 aromatic carbocycles. The number of ether oxygens (including phenoxy) is 2. The molecule has 1 aliphatic carbocycles.